The molecule has 0 saturated carbocycles. The fraction of sp³-hybridized carbons (Fsp3) is 0.429. The van der Waals surface area contributed by atoms with Crippen LogP contribution in [-0.4, -0.2) is 18.7 Å². The maximum absolute atomic E-state index is 11.2. The highest BCUT2D eigenvalue weighted by molar-refractivity contribution is 5.69. The maximum Gasteiger partial charge on any atom is 0.309 e. The van der Waals surface area contributed by atoms with Gasteiger partial charge >= 0.3 is 5.97 Å². The van der Waals surface area contributed by atoms with Gasteiger partial charge < -0.3 is 9.47 Å². The monoisotopic (exact) mass is 247 g/mol. The summed E-state index contributed by atoms with van der Waals surface area (Å²) in [6, 6.07) is 9.37. The Hall–Kier alpha value is -2.02. The van der Waals surface area contributed by atoms with E-state index in [2.05, 4.69) is 6.07 Å². The van der Waals surface area contributed by atoms with Crippen molar-refractivity contribution >= 4 is 5.97 Å². The standard InChI is InChI=1S/C14H17NO3/c1-3-17-14(16)10-11(2)18-13-6-4-12(5-7-13)8-9-15/h4-7,11H,3,8,10H2,1-2H3. The molecule has 0 radical (unpaired) electrons. The molecule has 1 unspecified atom stereocenters. The Balaban J connectivity index is 2.46. The number of carbonyl (C=O) groups excluding carboxylic acids is 1. The molecule has 0 saturated heterocycles. The van der Waals surface area contributed by atoms with Crippen molar-refractivity contribution in [1.29, 1.82) is 5.26 Å². The van der Waals surface area contributed by atoms with Crippen LogP contribution < -0.4 is 4.74 Å². The van der Waals surface area contributed by atoms with Gasteiger partial charge in [-0.25, -0.2) is 0 Å². The van der Waals surface area contributed by atoms with Gasteiger partial charge in [-0.3, -0.25) is 4.79 Å². The van der Waals surface area contributed by atoms with E-state index in [1.807, 2.05) is 19.1 Å². The maximum atomic E-state index is 11.2. The molecule has 0 aliphatic rings. The van der Waals surface area contributed by atoms with E-state index >= 15 is 0 Å². The minimum atomic E-state index is -0.258. The van der Waals surface area contributed by atoms with E-state index in [1.54, 1.807) is 19.1 Å². The largest absolute Gasteiger partial charge is 0.490 e. The third kappa shape index (κ3) is 4.88. The van der Waals surface area contributed by atoms with E-state index in [0.29, 0.717) is 18.8 Å². The van der Waals surface area contributed by atoms with Gasteiger partial charge in [-0.15, -0.1) is 0 Å². The van der Waals surface area contributed by atoms with E-state index in [9.17, 15) is 4.79 Å². The van der Waals surface area contributed by atoms with Crippen molar-refractivity contribution in [2.45, 2.75) is 32.8 Å². The molecule has 0 spiro atoms. The molecule has 96 valence electrons. The third-order valence-corrected chi connectivity index (χ3v) is 2.30. The molecule has 1 aromatic carbocycles. The van der Waals surface area contributed by atoms with Crippen molar-refractivity contribution in [1.82, 2.24) is 0 Å². The smallest absolute Gasteiger partial charge is 0.309 e. The zero-order valence-electron chi connectivity index (χ0n) is 10.7. The Morgan fingerprint density at radius 1 is 1.39 bits per heavy atom. The summed E-state index contributed by atoms with van der Waals surface area (Å²) in [6.07, 6.45) is 0.387. The first-order valence-corrected chi connectivity index (χ1v) is 5.94. The van der Waals surface area contributed by atoms with Crippen LogP contribution >= 0.6 is 0 Å². The Labute approximate surface area is 107 Å². The summed E-state index contributed by atoms with van der Waals surface area (Å²) in [6.45, 7) is 3.98. The molecule has 0 fully saturated rings. The van der Waals surface area contributed by atoms with Crippen LogP contribution in [0.2, 0.25) is 0 Å². The van der Waals surface area contributed by atoms with Gasteiger partial charge in [0.1, 0.15) is 11.9 Å². The van der Waals surface area contributed by atoms with E-state index in [4.69, 9.17) is 14.7 Å². The fourth-order valence-corrected chi connectivity index (χ4v) is 1.51. The van der Waals surface area contributed by atoms with Crippen LogP contribution in [0.1, 0.15) is 25.8 Å². The van der Waals surface area contributed by atoms with Crippen LogP contribution in [0.25, 0.3) is 0 Å². The van der Waals surface area contributed by atoms with Crippen molar-refractivity contribution in [2.75, 3.05) is 6.61 Å². The van der Waals surface area contributed by atoms with Crippen molar-refractivity contribution in [3.8, 4) is 11.8 Å². The molecular weight excluding hydrogens is 230 g/mol. The second-order valence-electron chi connectivity index (χ2n) is 3.92. The van der Waals surface area contributed by atoms with E-state index in [0.717, 1.165) is 5.56 Å². The van der Waals surface area contributed by atoms with Gasteiger partial charge in [0.25, 0.3) is 0 Å². The van der Waals surface area contributed by atoms with Gasteiger partial charge in [-0.2, -0.15) is 5.26 Å². The fourth-order valence-electron chi connectivity index (χ4n) is 1.51. The topological polar surface area (TPSA) is 59.3 Å². The Kier molecular flexibility index (Phi) is 5.72. The highest BCUT2D eigenvalue weighted by Crippen LogP contribution is 2.15. The van der Waals surface area contributed by atoms with Gasteiger partial charge in [0, 0.05) is 0 Å². The number of carbonyl (C=O) groups is 1. The molecule has 0 aliphatic heterocycles. The van der Waals surface area contributed by atoms with Crippen LogP contribution in [0, 0.1) is 11.3 Å². The molecule has 0 amide bonds. The second kappa shape index (κ2) is 7.33. The van der Waals surface area contributed by atoms with Crippen LogP contribution in [0.5, 0.6) is 5.75 Å². The van der Waals surface area contributed by atoms with E-state index < -0.39 is 0 Å². The number of nitrogens with zero attached hydrogens (tertiary/aromatic N) is 1. The van der Waals surface area contributed by atoms with E-state index in [1.165, 1.54) is 0 Å². The minimum Gasteiger partial charge on any atom is -0.490 e. The SMILES string of the molecule is CCOC(=O)CC(C)Oc1ccc(CC#N)cc1. The van der Waals surface area contributed by atoms with Gasteiger partial charge in [0.05, 0.1) is 25.5 Å². The highest BCUT2D eigenvalue weighted by Gasteiger charge is 2.11. The molecule has 1 aromatic rings. The molecule has 1 rings (SSSR count). The number of hydrogen-bond acceptors (Lipinski definition) is 4. The number of rotatable bonds is 6. The van der Waals surface area contributed by atoms with Gasteiger partial charge in [0.2, 0.25) is 0 Å². The van der Waals surface area contributed by atoms with Crippen LogP contribution in [-0.2, 0) is 16.0 Å². The van der Waals surface area contributed by atoms with Crippen LogP contribution in [0.3, 0.4) is 0 Å². The average molecular weight is 247 g/mol. The summed E-state index contributed by atoms with van der Waals surface area (Å²) in [5.74, 6) is 0.430. The number of nitriles is 1. The molecule has 18 heavy (non-hydrogen) atoms. The average Bonchev–Trinajstić information content (AvgIpc) is 2.32. The van der Waals surface area contributed by atoms with Crippen molar-refractivity contribution in [2.24, 2.45) is 0 Å². The number of hydrogen-bond donors (Lipinski definition) is 0. The van der Waals surface area contributed by atoms with Gasteiger partial charge in [-0.1, -0.05) is 12.1 Å². The Bertz CT molecular complexity index is 420. The van der Waals surface area contributed by atoms with Gasteiger partial charge in [0.15, 0.2) is 0 Å². The Morgan fingerprint density at radius 2 is 2.06 bits per heavy atom. The number of esters is 1. The quantitative estimate of drug-likeness (QED) is 0.724. The number of ether oxygens (including phenoxy) is 2. The van der Waals surface area contributed by atoms with Gasteiger partial charge in [-0.05, 0) is 31.5 Å². The summed E-state index contributed by atoms with van der Waals surface area (Å²) in [5, 5.41) is 8.55. The lowest BCUT2D eigenvalue weighted by molar-refractivity contribution is -0.144. The predicted molar refractivity (Wildman–Crippen MR) is 67.1 cm³/mol. The lowest BCUT2D eigenvalue weighted by Gasteiger charge is -2.14. The van der Waals surface area contributed by atoms with Crippen LogP contribution in [0.15, 0.2) is 24.3 Å². The normalized spacial score (nSPS) is 11.4. The van der Waals surface area contributed by atoms with Crippen molar-refractivity contribution in [3.05, 3.63) is 29.8 Å². The summed E-state index contributed by atoms with van der Waals surface area (Å²) in [5.41, 5.74) is 0.947. The molecule has 0 N–H and O–H groups in total. The van der Waals surface area contributed by atoms with Crippen molar-refractivity contribution in [3.63, 3.8) is 0 Å². The third-order valence-electron chi connectivity index (χ3n) is 2.30. The molecule has 0 heterocycles. The van der Waals surface area contributed by atoms with Crippen molar-refractivity contribution < 1.29 is 14.3 Å². The van der Waals surface area contributed by atoms with Crippen LogP contribution in [0.4, 0.5) is 0 Å². The number of benzene rings is 1. The highest BCUT2D eigenvalue weighted by atomic mass is 16.5. The molecule has 1 atom stereocenters. The predicted octanol–water partition coefficient (Wildman–Crippen LogP) is 2.47. The first-order chi connectivity index (χ1) is 8.65. The molecule has 0 aliphatic carbocycles. The summed E-state index contributed by atoms with van der Waals surface area (Å²) in [4.78, 5) is 11.2. The zero-order valence-corrected chi connectivity index (χ0v) is 10.7. The summed E-state index contributed by atoms with van der Waals surface area (Å²) < 4.78 is 10.4. The first kappa shape index (κ1) is 14.0. The molecule has 0 aromatic heterocycles. The lowest BCUT2D eigenvalue weighted by Crippen LogP contribution is -2.18. The minimum absolute atomic E-state index is 0.230. The molecule has 0 bridgehead atoms. The zero-order chi connectivity index (χ0) is 13.4. The molecular formula is C14H17NO3. The molecule has 4 heteroatoms. The molecule has 4 nitrogen and oxygen atoms in total. The summed E-state index contributed by atoms with van der Waals surface area (Å²) >= 11 is 0. The lowest BCUT2D eigenvalue weighted by atomic mass is 10.1. The Morgan fingerprint density at radius 3 is 2.61 bits per heavy atom. The van der Waals surface area contributed by atoms with E-state index in [-0.39, 0.29) is 18.5 Å². The second-order valence-corrected chi connectivity index (χ2v) is 3.92. The first-order valence-electron chi connectivity index (χ1n) is 5.94. The summed E-state index contributed by atoms with van der Waals surface area (Å²) in [7, 11) is 0.